The topological polar surface area (TPSA) is 15.3 Å². The Morgan fingerprint density at radius 1 is 1.17 bits per heavy atom. The lowest BCUT2D eigenvalue weighted by atomic mass is 10.0. The van der Waals surface area contributed by atoms with Crippen molar-refractivity contribution in [2.75, 3.05) is 26.7 Å². The van der Waals surface area contributed by atoms with E-state index in [0.29, 0.717) is 5.56 Å². The molecule has 0 spiro atoms. The molecule has 18 heavy (non-hydrogen) atoms. The maximum absolute atomic E-state index is 13.2. The normalized spacial score (nSPS) is 18.2. The molecule has 0 bridgehead atoms. The van der Waals surface area contributed by atoms with E-state index in [-0.39, 0.29) is 6.04 Å². The van der Waals surface area contributed by atoms with Crippen LogP contribution in [0.25, 0.3) is 0 Å². The molecule has 2 rings (SSSR count). The Labute approximate surface area is 107 Å². The fourth-order valence-electron chi connectivity index (χ4n) is 2.57. The molecule has 1 saturated heterocycles. The van der Waals surface area contributed by atoms with Crippen molar-refractivity contribution in [1.29, 1.82) is 0 Å². The molecular weight excluding hydrogens is 234 g/mol. The summed E-state index contributed by atoms with van der Waals surface area (Å²) in [6.07, 6.45) is 3.40. The van der Waals surface area contributed by atoms with Gasteiger partial charge in [0.25, 0.3) is 0 Å². The summed E-state index contributed by atoms with van der Waals surface area (Å²) in [6.45, 7) is 3.27. The second-order valence-corrected chi connectivity index (χ2v) is 4.88. The lowest BCUT2D eigenvalue weighted by molar-refractivity contribution is 0.313. The van der Waals surface area contributed by atoms with Crippen LogP contribution in [0.5, 0.6) is 0 Å². The van der Waals surface area contributed by atoms with Gasteiger partial charge in [-0.15, -0.1) is 0 Å². The van der Waals surface area contributed by atoms with Gasteiger partial charge in [-0.2, -0.15) is 0 Å². The monoisotopic (exact) mass is 254 g/mol. The van der Waals surface area contributed by atoms with E-state index in [4.69, 9.17) is 0 Å². The Morgan fingerprint density at radius 2 is 1.78 bits per heavy atom. The van der Waals surface area contributed by atoms with E-state index in [1.807, 2.05) is 7.05 Å². The van der Waals surface area contributed by atoms with E-state index in [1.165, 1.54) is 25.0 Å². The van der Waals surface area contributed by atoms with Crippen molar-refractivity contribution in [2.24, 2.45) is 0 Å². The van der Waals surface area contributed by atoms with E-state index >= 15 is 0 Å². The van der Waals surface area contributed by atoms with E-state index in [2.05, 4.69) is 10.2 Å². The number of hydrogen-bond acceptors (Lipinski definition) is 2. The molecule has 2 nitrogen and oxygen atoms in total. The molecule has 1 aromatic carbocycles. The van der Waals surface area contributed by atoms with Gasteiger partial charge < -0.3 is 10.2 Å². The number of nitrogens with one attached hydrogen (secondary N) is 1. The van der Waals surface area contributed by atoms with Crippen molar-refractivity contribution in [3.8, 4) is 0 Å². The number of likely N-dealkylation sites (tertiary alicyclic amines) is 1. The summed E-state index contributed by atoms with van der Waals surface area (Å²) >= 11 is 0. The molecule has 1 aromatic rings. The van der Waals surface area contributed by atoms with Crippen LogP contribution >= 0.6 is 0 Å². The highest BCUT2D eigenvalue weighted by Gasteiger charge is 2.16. The van der Waals surface area contributed by atoms with Gasteiger partial charge in [0.15, 0.2) is 0 Å². The molecule has 0 radical (unpaired) electrons. The zero-order chi connectivity index (χ0) is 13.0. The molecule has 0 amide bonds. The fourth-order valence-corrected chi connectivity index (χ4v) is 2.57. The minimum Gasteiger partial charge on any atom is -0.313 e. The molecule has 1 atom stereocenters. The molecule has 0 aliphatic carbocycles. The molecule has 1 heterocycles. The molecule has 4 heteroatoms. The molecule has 100 valence electrons. The number of nitrogens with zero attached hydrogens (tertiary/aromatic N) is 1. The molecule has 1 aliphatic rings. The summed E-state index contributed by atoms with van der Waals surface area (Å²) in [6, 6.07) is 3.75. The van der Waals surface area contributed by atoms with Crippen molar-refractivity contribution < 1.29 is 8.78 Å². The Balaban J connectivity index is 1.98. The van der Waals surface area contributed by atoms with Crippen LogP contribution < -0.4 is 5.32 Å². The van der Waals surface area contributed by atoms with Crippen LogP contribution in [0, 0.1) is 11.6 Å². The minimum absolute atomic E-state index is 0.01000. The van der Waals surface area contributed by atoms with Gasteiger partial charge in [0.2, 0.25) is 0 Å². The van der Waals surface area contributed by atoms with Gasteiger partial charge in [-0.1, -0.05) is 0 Å². The van der Waals surface area contributed by atoms with Crippen LogP contribution in [-0.2, 0) is 0 Å². The number of halogens is 2. The standard InChI is InChI=1S/C14H20F2N2/c1-17-14(4-7-18-5-2-3-6-18)11-8-12(15)10-13(16)9-11/h8-10,14,17H,2-7H2,1H3. The molecule has 1 N–H and O–H groups in total. The van der Waals surface area contributed by atoms with Gasteiger partial charge in [-0.3, -0.25) is 0 Å². The average Bonchev–Trinajstić information content (AvgIpc) is 2.81. The summed E-state index contributed by atoms with van der Waals surface area (Å²) in [7, 11) is 1.83. The maximum atomic E-state index is 13.2. The molecule has 1 aliphatic heterocycles. The third-order valence-electron chi connectivity index (χ3n) is 3.57. The molecule has 1 unspecified atom stereocenters. The number of hydrogen-bond donors (Lipinski definition) is 1. The van der Waals surface area contributed by atoms with Crippen LogP contribution in [0.2, 0.25) is 0 Å². The van der Waals surface area contributed by atoms with Crippen molar-refractivity contribution >= 4 is 0 Å². The van der Waals surface area contributed by atoms with Crippen LogP contribution in [0.4, 0.5) is 8.78 Å². The molecule has 1 fully saturated rings. The predicted molar refractivity (Wildman–Crippen MR) is 68.4 cm³/mol. The Morgan fingerprint density at radius 3 is 2.33 bits per heavy atom. The molecular formula is C14H20F2N2. The Kier molecular flexibility index (Phi) is 4.66. The highest BCUT2D eigenvalue weighted by Crippen LogP contribution is 2.20. The average molecular weight is 254 g/mol. The minimum atomic E-state index is -0.508. The number of benzene rings is 1. The number of rotatable bonds is 5. The van der Waals surface area contributed by atoms with E-state index in [1.54, 1.807) is 0 Å². The van der Waals surface area contributed by atoms with Crippen LogP contribution in [0.1, 0.15) is 30.9 Å². The summed E-state index contributed by atoms with van der Waals surface area (Å²) in [5.74, 6) is -1.02. The van der Waals surface area contributed by atoms with Crippen molar-refractivity contribution in [3.05, 3.63) is 35.4 Å². The summed E-state index contributed by atoms with van der Waals surface area (Å²) in [5, 5.41) is 3.14. The fraction of sp³-hybridized carbons (Fsp3) is 0.571. The maximum Gasteiger partial charge on any atom is 0.126 e. The largest absolute Gasteiger partial charge is 0.313 e. The quantitative estimate of drug-likeness (QED) is 0.869. The van der Waals surface area contributed by atoms with E-state index < -0.39 is 11.6 Å². The first-order valence-corrected chi connectivity index (χ1v) is 6.54. The van der Waals surface area contributed by atoms with Gasteiger partial charge in [-0.05, 0) is 63.6 Å². The Hall–Kier alpha value is -1.00. The lowest BCUT2D eigenvalue weighted by Crippen LogP contribution is -2.26. The van der Waals surface area contributed by atoms with Gasteiger partial charge in [0.1, 0.15) is 11.6 Å². The zero-order valence-electron chi connectivity index (χ0n) is 10.8. The van der Waals surface area contributed by atoms with Crippen molar-refractivity contribution in [3.63, 3.8) is 0 Å². The van der Waals surface area contributed by atoms with Gasteiger partial charge in [-0.25, -0.2) is 8.78 Å². The summed E-state index contributed by atoms with van der Waals surface area (Å²) in [5.41, 5.74) is 0.689. The van der Waals surface area contributed by atoms with Crippen LogP contribution in [-0.4, -0.2) is 31.6 Å². The first-order valence-electron chi connectivity index (χ1n) is 6.54. The predicted octanol–water partition coefficient (Wildman–Crippen LogP) is 2.71. The van der Waals surface area contributed by atoms with Crippen LogP contribution in [0.15, 0.2) is 18.2 Å². The molecule has 0 aromatic heterocycles. The SMILES string of the molecule is CNC(CCN1CCCC1)c1cc(F)cc(F)c1. The first-order chi connectivity index (χ1) is 8.69. The second kappa shape index (κ2) is 6.25. The third kappa shape index (κ3) is 3.50. The highest BCUT2D eigenvalue weighted by molar-refractivity contribution is 5.21. The summed E-state index contributed by atoms with van der Waals surface area (Å²) in [4.78, 5) is 2.40. The Bertz CT molecular complexity index is 369. The first kappa shape index (κ1) is 13.4. The lowest BCUT2D eigenvalue weighted by Gasteiger charge is -2.21. The third-order valence-corrected chi connectivity index (χ3v) is 3.57. The highest BCUT2D eigenvalue weighted by atomic mass is 19.1. The van der Waals surface area contributed by atoms with Crippen molar-refractivity contribution in [2.45, 2.75) is 25.3 Å². The smallest absolute Gasteiger partial charge is 0.126 e. The second-order valence-electron chi connectivity index (χ2n) is 4.88. The zero-order valence-corrected chi connectivity index (χ0v) is 10.8. The van der Waals surface area contributed by atoms with Gasteiger partial charge in [0, 0.05) is 12.1 Å². The van der Waals surface area contributed by atoms with Crippen molar-refractivity contribution in [1.82, 2.24) is 10.2 Å². The van der Waals surface area contributed by atoms with E-state index in [0.717, 1.165) is 32.1 Å². The van der Waals surface area contributed by atoms with Crippen LogP contribution in [0.3, 0.4) is 0 Å². The van der Waals surface area contributed by atoms with Gasteiger partial charge in [0.05, 0.1) is 0 Å². The van der Waals surface area contributed by atoms with Gasteiger partial charge >= 0.3 is 0 Å². The van der Waals surface area contributed by atoms with E-state index in [9.17, 15) is 8.78 Å². The summed E-state index contributed by atoms with van der Waals surface area (Å²) < 4.78 is 26.4. The molecule has 0 saturated carbocycles.